The van der Waals surface area contributed by atoms with Crippen LogP contribution in [0.1, 0.15) is 10.4 Å². The maximum Gasteiger partial charge on any atom is 0.460 e. The summed E-state index contributed by atoms with van der Waals surface area (Å²) in [5.74, 6) is -35.2. The van der Waals surface area contributed by atoms with Crippen molar-refractivity contribution in [1.82, 2.24) is 0 Å². The molecule has 0 unspecified atom stereocenters. The number of rotatable bonds is 6. The lowest BCUT2D eigenvalue weighted by Crippen LogP contribution is -2.66. The second-order valence-corrected chi connectivity index (χ2v) is 5.02. The molecule has 0 saturated heterocycles. The predicted molar refractivity (Wildman–Crippen MR) is 65.8 cm³/mol. The molecule has 0 amide bonds. The minimum absolute atomic E-state index is 0.584. The average Bonchev–Trinajstić information content (AvgIpc) is 2.53. The second-order valence-electron chi connectivity index (χ2n) is 5.02. The van der Waals surface area contributed by atoms with Crippen LogP contribution in [0.15, 0.2) is 42.2 Å². The molecule has 0 atom stereocenters. The van der Waals surface area contributed by atoms with Gasteiger partial charge in [0.15, 0.2) is 11.6 Å². The van der Waals surface area contributed by atoms with Gasteiger partial charge in [-0.1, -0.05) is 30.3 Å². The van der Waals surface area contributed by atoms with Crippen molar-refractivity contribution in [3.63, 3.8) is 0 Å². The van der Waals surface area contributed by atoms with Gasteiger partial charge in [-0.2, -0.15) is 48.3 Å². The van der Waals surface area contributed by atoms with Gasteiger partial charge in [-0.25, -0.2) is 4.39 Å². The molecule has 0 heterocycles. The summed E-state index contributed by atoms with van der Waals surface area (Å²) in [6.07, 6.45) is -8.26. The SMILES string of the molecule is O=C(/C=C(\F)C(F)(F)C(F)(F)C(F)(F)C(F)(F)C(F)(F)F)c1ccccc1. The standard InChI is InChI=1S/C14H6F12O/c15-9(6-8(27)7-4-2-1-3-5-7)10(16,17)11(18,19)12(20,21)13(22,23)14(24,25)26/h1-6H/b9-6-. The molecule has 1 rings (SSSR count). The summed E-state index contributed by atoms with van der Waals surface area (Å²) in [6.45, 7) is 0. The smallest absolute Gasteiger partial charge is 0.289 e. The molecular weight excluding hydrogens is 412 g/mol. The van der Waals surface area contributed by atoms with E-state index in [1.165, 1.54) is 6.07 Å². The lowest BCUT2D eigenvalue weighted by molar-refractivity contribution is -0.419. The van der Waals surface area contributed by atoms with Crippen LogP contribution in [0.5, 0.6) is 0 Å². The van der Waals surface area contributed by atoms with Gasteiger partial charge in [0.05, 0.1) is 0 Å². The summed E-state index contributed by atoms with van der Waals surface area (Å²) in [7, 11) is 0. The van der Waals surface area contributed by atoms with Crippen molar-refractivity contribution in [2.75, 3.05) is 0 Å². The van der Waals surface area contributed by atoms with Gasteiger partial charge in [-0.3, -0.25) is 4.79 Å². The highest BCUT2D eigenvalue weighted by Crippen LogP contribution is 2.58. The summed E-state index contributed by atoms with van der Waals surface area (Å²) in [5.41, 5.74) is -0.584. The van der Waals surface area contributed by atoms with E-state index in [1.807, 2.05) is 0 Å². The Hall–Kier alpha value is -2.21. The van der Waals surface area contributed by atoms with E-state index in [1.54, 1.807) is 0 Å². The lowest BCUT2D eigenvalue weighted by atomic mass is 9.96. The molecule has 0 bridgehead atoms. The fourth-order valence-corrected chi connectivity index (χ4v) is 1.61. The van der Waals surface area contributed by atoms with Gasteiger partial charge in [0.2, 0.25) is 0 Å². The van der Waals surface area contributed by atoms with Gasteiger partial charge >= 0.3 is 29.9 Å². The average molecular weight is 418 g/mol. The maximum atomic E-state index is 13.4. The first kappa shape index (κ1) is 22.8. The van der Waals surface area contributed by atoms with Crippen LogP contribution in [0.2, 0.25) is 0 Å². The fourth-order valence-electron chi connectivity index (χ4n) is 1.61. The Morgan fingerprint density at radius 3 is 1.56 bits per heavy atom. The van der Waals surface area contributed by atoms with Crippen molar-refractivity contribution >= 4 is 5.78 Å². The van der Waals surface area contributed by atoms with Crippen molar-refractivity contribution in [2.24, 2.45) is 0 Å². The van der Waals surface area contributed by atoms with Crippen LogP contribution in [-0.4, -0.2) is 35.6 Å². The van der Waals surface area contributed by atoms with Gasteiger partial charge in [0.1, 0.15) is 0 Å². The van der Waals surface area contributed by atoms with Gasteiger partial charge in [0.25, 0.3) is 0 Å². The monoisotopic (exact) mass is 418 g/mol. The highest BCUT2D eigenvalue weighted by molar-refractivity contribution is 6.04. The Balaban J connectivity index is 3.38. The summed E-state index contributed by atoms with van der Waals surface area (Å²) in [5, 5.41) is 0. The first-order chi connectivity index (χ1) is 11.9. The summed E-state index contributed by atoms with van der Waals surface area (Å²) in [4.78, 5) is 11.4. The number of halogens is 12. The van der Waals surface area contributed by atoms with Crippen molar-refractivity contribution in [3.8, 4) is 0 Å². The molecule has 1 aromatic rings. The van der Waals surface area contributed by atoms with Gasteiger partial charge in [-0.15, -0.1) is 0 Å². The Morgan fingerprint density at radius 2 is 1.15 bits per heavy atom. The lowest BCUT2D eigenvalue weighted by Gasteiger charge is -2.36. The van der Waals surface area contributed by atoms with Crippen LogP contribution < -0.4 is 0 Å². The molecule has 13 heteroatoms. The number of ketones is 1. The highest BCUT2D eigenvalue weighted by atomic mass is 19.4. The van der Waals surface area contributed by atoms with Crippen molar-refractivity contribution in [2.45, 2.75) is 29.9 Å². The molecule has 0 aliphatic rings. The number of hydrogen-bond acceptors (Lipinski definition) is 1. The third-order valence-corrected chi connectivity index (χ3v) is 3.16. The van der Waals surface area contributed by atoms with Gasteiger partial charge in [0, 0.05) is 11.6 Å². The molecule has 1 nitrogen and oxygen atoms in total. The van der Waals surface area contributed by atoms with E-state index in [2.05, 4.69) is 0 Å². The Morgan fingerprint density at radius 1 is 0.704 bits per heavy atom. The highest BCUT2D eigenvalue weighted by Gasteiger charge is 2.87. The van der Waals surface area contributed by atoms with E-state index in [4.69, 9.17) is 0 Å². The van der Waals surface area contributed by atoms with Crippen LogP contribution in [0.25, 0.3) is 0 Å². The maximum absolute atomic E-state index is 13.4. The van der Waals surface area contributed by atoms with Crippen molar-refractivity contribution in [3.05, 3.63) is 47.8 Å². The fraction of sp³-hybridized carbons (Fsp3) is 0.357. The zero-order valence-corrected chi connectivity index (χ0v) is 12.4. The first-order valence-corrected chi connectivity index (χ1v) is 6.46. The van der Waals surface area contributed by atoms with Crippen LogP contribution in [-0.2, 0) is 0 Å². The molecule has 0 fully saturated rings. The predicted octanol–water partition coefficient (Wildman–Crippen LogP) is 5.83. The number of alkyl halides is 11. The minimum atomic E-state index is -7.75. The number of carbonyl (C=O) groups excluding carboxylic acids is 1. The molecule has 27 heavy (non-hydrogen) atoms. The van der Waals surface area contributed by atoms with E-state index < -0.39 is 53.1 Å². The number of benzene rings is 1. The molecule has 0 aromatic heterocycles. The summed E-state index contributed by atoms with van der Waals surface area (Å²) in [6, 6.07) is 5.26. The first-order valence-electron chi connectivity index (χ1n) is 6.46. The van der Waals surface area contributed by atoms with Gasteiger partial charge in [-0.05, 0) is 0 Å². The third-order valence-electron chi connectivity index (χ3n) is 3.16. The zero-order chi connectivity index (χ0) is 21.5. The Kier molecular flexibility index (Phi) is 5.71. The second kappa shape index (κ2) is 6.75. The molecule has 152 valence electrons. The zero-order valence-electron chi connectivity index (χ0n) is 12.4. The summed E-state index contributed by atoms with van der Waals surface area (Å²) < 4.78 is 154. The quantitative estimate of drug-likeness (QED) is 0.323. The van der Waals surface area contributed by atoms with E-state index in [0.717, 1.165) is 24.3 Å². The molecule has 0 aliphatic carbocycles. The number of carbonyl (C=O) groups is 1. The van der Waals surface area contributed by atoms with Crippen molar-refractivity contribution in [1.29, 1.82) is 0 Å². The van der Waals surface area contributed by atoms with E-state index >= 15 is 0 Å². The topological polar surface area (TPSA) is 17.1 Å². The van der Waals surface area contributed by atoms with E-state index in [9.17, 15) is 57.5 Å². The minimum Gasteiger partial charge on any atom is -0.289 e. The molecular formula is C14H6F12O. The summed E-state index contributed by atoms with van der Waals surface area (Å²) >= 11 is 0. The molecule has 0 radical (unpaired) electrons. The largest absolute Gasteiger partial charge is 0.460 e. The van der Waals surface area contributed by atoms with Crippen LogP contribution in [0, 0.1) is 0 Å². The molecule has 0 spiro atoms. The molecule has 0 aliphatic heterocycles. The normalized spacial score (nSPS) is 15.0. The number of allylic oxidation sites excluding steroid dienone is 2. The number of hydrogen-bond donors (Lipinski definition) is 0. The van der Waals surface area contributed by atoms with Gasteiger partial charge < -0.3 is 0 Å². The van der Waals surface area contributed by atoms with E-state index in [0.29, 0.717) is 0 Å². The Bertz CT molecular complexity index is 717. The molecule has 0 saturated carbocycles. The van der Waals surface area contributed by atoms with Crippen LogP contribution in [0.3, 0.4) is 0 Å². The van der Waals surface area contributed by atoms with Crippen LogP contribution >= 0.6 is 0 Å². The van der Waals surface area contributed by atoms with Crippen molar-refractivity contribution < 1.29 is 57.5 Å². The molecule has 1 aromatic carbocycles. The van der Waals surface area contributed by atoms with E-state index in [-0.39, 0.29) is 0 Å². The van der Waals surface area contributed by atoms with Crippen LogP contribution in [0.4, 0.5) is 52.7 Å². The third kappa shape index (κ3) is 3.63. The molecule has 0 N–H and O–H groups in total. The Labute approximate surface area is 142 Å².